The lowest BCUT2D eigenvalue weighted by Gasteiger charge is -2.47. The van der Waals surface area contributed by atoms with E-state index in [0.29, 0.717) is 0 Å². The second-order valence-electron chi connectivity index (χ2n) is 8.85. The van der Waals surface area contributed by atoms with Gasteiger partial charge >= 0.3 is 8.08 Å². The largest absolute Gasteiger partial charge is 0.397 e. The maximum atomic E-state index is 7.05. The van der Waals surface area contributed by atoms with Crippen molar-refractivity contribution >= 4 is 15.7 Å². The van der Waals surface area contributed by atoms with Crippen molar-refractivity contribution in [2.24, 2.45) is 0 Å². The minimum atomic E-state index is -2.14. The summed E-state index contributed by atoms with van der Waals surface area (Å²) in [5, 5.41) is 0. The first kappa shape index (κ1) is 28.4. The van der Waals surface area contributed by atoms with Crippen molar-refractivity contribution in [3.05, 3.63) is 0 Å². The summed E-state index contributed by atoms with van der Waals surface area (Å²) in [4.78, 5) is 0. The minimum Gasteiger partial charge on any atom is -0.397 e. The number of unbranched alkanes of at least 4 members (excludes halogenated alkanes) is 6. The molecule has 0 saturated carbocycles. The van der Waals surface area contributed by atoms with Crippen LogP contribution in [0, 0.1) is 0 Å². The fourth-order valence-electron chi connectivity index (χ4n) is 4.42. The van der Waals surface area contributed by atoms with Gasteiger partial charge in [-0.25, -0.2) is 0 Å². The summed E-state index contributed by atoms with van der Waals surface area (Å²) in [7, 11) is -3.72. The molecule has 0 radical (unpaired) electrons. The molecule has 0 heterocycles. The molecule has 0 fully saturated rings. The van der Waals surface area contributed by atoms with Gasteiger partial charge in [-0.05, 0) is 18.9 Å². The molecule has 170 valence electrons. The van der Waals surface area contributed by atoms with Crippen molar-refractivity contribution < 1.29 is 8.85 Å². The Kier molecular flexibility index (Phi) is 18.4. The molecular formula is C24H54O2Si2. The van der Waals surface area contributed by atoms with Gasteiger partial charge in [0.2, 0.25) is 0 Å². The molecule has 0 N–H and O–H groups in total. The summed E-state index contributed by atoms with van der Waals surface area (Å²) < 4.78 is 14.1. The highest BCUT2D eigenvalue weighted by Crippen LogP contribution is 2.41. The predicted molar refractivity (Wildman–Crippen MR) is 132 cm³/mol. The third-order valence-electron chi connectivity index (χ3n) is 6.36. The lowest BCUT2D eigenvalue weighted by Crippen LogP contribution is -2.67. The first-order valence-corrected chi connectivity index (χ1v) is 18.5. The quantitative estimate of drug-likeness (QED) is 0.134. The van der Waals surface area contributed by atoms with Crippen molar-refractivity contribution in [3.63, 3.8) is 0 Å². The normalized spacial score (nSPS) is 12.6. The molecule has 0 rings (SSSR count). The molecule has 4 heteroatoms. The molecule has 0 aromatic heterocycles. The molecule has 0 aliphatic rings. The Morgan fingerprint density at radius 3 is 1.07 bits per heavy atom. The van der Waals surface area contributed by atoms with E-state index in [1.165, 1.54) is 101 Å². The third-order valence-corrected chi connectivity index (χ3v) is 23.0. The lowest BCUT2D eigenvalue weighted by atomic mass is 10.4. The van der Waals surface area contributed by atoms with Crippen LogP contribution in [0.1, 0.15) is 119 Å². The van der Waals surface area contributed by atoms with Crippen molar-refractivity contribution in [2.45, 2.75) is 143 Å². The van der Waals surface area contributed by atoms with E-state index in [1.807, 2.05) is 0 Å². The SMILES string of the molecule is CCCCO[Si](CCCC)(OCCCC)[Si](CCCC)(CCCC)CCCC. The predicted octanol–water partition coefficient (Wildman–Crippen LogP) is 8.79. The van der Waals surface area contributed by atoms with Crippen LogP contribution in [0.2, 0.25) is 24.2 Å². The molecule has 0 amide bonds. The van der Waals surface area contributed by atoms with Crippen LogP contribution < -0.4 is 0 Å². The maximum Gasteiger partial charge on any atom is 0.316 e. The van der Waals surface area contributed by atoms with E-state index in [-0.39, 0.29) is 0 Å². The molecule has 0 spiro atoms. The third kappa shape index (κ3) is 9.91. The second kappa shape index (κ2) is 18.1. The maximum absolute atomic E-state index is 7.05. The summed E-state index contributed by atoms with van der Waals surface area (Å²) in [5.41, 5.74) is 0. The molecule has 0 aromatic rings. The Morgan fingerprint density at radius 1 is 0.429 bits per heavy atom. The van der Waals surface area contributed by atoms with Crippen molar-refractivity contribution in [1.82, 2.24) is 0 Å². The van der Waals surface area contributed by atoms with Crippen LogP contribution in [-0.4, -0.2) is 28.9 Å². The van der Waals surface area contributed by atoms with Gasteiger partial charge in [0.15, 0.2) is 0 Å². The van der Waals surface area contributed by atoms with Crippen LogP contribution >= 0.6 is 0 Å². The van der Waals surface area contributed by atoms with Crippen LogP contribution in [0.15, 0.2) is 0 Å². The summed E-state index contributed by atoms with van der Waals surface area (Å²) in [6.07, 6.45) is 15.5. The first-order chi connectivity index (χ1) is 13.6. The van der Waals surface area contributed by atoms with Crippen LogP contribution in [0.5, 0.6) is 0 Å². The van der Waals surface area contributed by atoms with Crippen molar-refractivity contribution in [2.75, 3.05) is 13.2 Å². The summed E-state index contributed by atoms with van der Waals surface area (Å²) in [6, 6.07) is 5.63. The minimum absolute atomic E-state index is 0.942. The number of hydrogen-bond acceptors (Lipinski definition) is 2. The van der Waals surface area contributed by atoms with E-state index in [1.54, 1.807) is 0 Å². The molecule has 0 saturated heterocycles. The number of rotatable bonds is 21. The van der Waals surface area contributed by atoms with Gasteiger partial charge in [0.05, 0.1) is 0 Å². The Balaban J connectivity index is 5.99. The van der Waals surface area contributed by atoms with E-state index in [0.717, 1.165) is 13.2 Å². The fourth-order valence-corrected chi connectivity index (χ4v) is 22.3. The van der Waals surface area contributed by atoms with Gasteiger partial charge in [-0.15, -0.1) is 0 Å². The monoisotopic (exact) mass is 430 g/mol. The zero-order valence-electron chi connectivity index (χ0n) is 20.5. The number of hydrogen-bond donors (Lipinski definition) is 0. The molecule has 2 nitrogen and oxygen atoms in total. The van der Waals surface area contributed by atoms with Gasteiger partial charge < -0.3 is 8.85 Å². The van der Waals surface area contributed by atoms with Crippen LogP contribution in [-0.2, 0) is 8.85 Å². The Bertz CT molecular complexity index is 305. The molecular weight excluding hydrogens is 376 g/mol. The van der Waals surface area contributed by atoms with E-state index < -0.39 is 15.7 Å². The topological polar surface area (TPSA) is 18.5 Å². The Morgan fingerprint density at radius 2 is 0.750 bits per heavy atom. The molecule has 0 aliphatic carbocycles. The fraction of sp³-hybridized carbons (Fsp3) is 1.00. The van der Waals surface area contributed by atoms with Gasteiger partial charge in [-0.3, -0.25) is 0 Å². The highest BCUT2D eigenvalue weighted by Gasteiger charge is 2.57. The van der Waals surface area contributed by atoms with Gasteiger partial charge in [-0.1, -0.05) is 124 Å². The zero-order valence-corrected chi connectivity index (χ0v) is 22.5. The van der Waals surface area contributed by atoms with Crippen LogP contribution in [0.25, 0.3) is 0 Å². The van der Waals surface area contributed by atoms with E-state index in [9.17, 15) is 0 Å². The molecule has 0 aliphatic heterocycles. The van der Waals surface area contributed by atoms with Crippen LogP contribution in [0.3, 0.4) is 0 Å². The first-order valence-electron chi connectivity index (χ1n) is 12.9. The van der Waals surface area contributed by atoms with E-state index in [4.69, 9.17) is 8.85 Å². The average Bonchev–Trinajstić information content (AvgIpc) is 2.71. The highest BCUT2D eigenvalue weighted by molar-refractivity contribution is 7.37. The standard InChI is InChI=1S/C24H54O2Si2/c1-7-13-19-25-28(24-18-12-6,26-20-14-8-2)27(21-15-9-3,22-16-10-4)23-17-11-5/h7-24H2,1-6H3. The Hall–Kier alpha value is 0.354. The smallest absolute Gasteiger partial charge is 0.316 e. The van der Waals surface area contributed by atoms with E-state index >= 15 is 0 Å². The molecule has 28 heavy (non-hydrogen) atoms. The highest BCUT2D eigenvalue weighted by atomic mass is 29.3. The summed E-state index contributed by atoms with van der Waals surface area (Å²) >= 11 is 0. The summed E-state index contributed by atoms with van der Waals surface area (Å²) in [5.74, 6) is 0. The average molecular weight is 431 g/mol. The molecule has 0 bridgehead atoms. The van der Waals surface area contributed by atoms with Gasteiger partial charge in [0, 0.05) is 13.2 Å². The van der Waals surface area contributed by atoms with Gasteiger partial charge in [-0.2, -0.15) is 0 Å². The second-order valence-corrected chi connectivity index (χ2v) is 21.0. The van der Waals surface area contributed by atoms with Crippen LogP contribution in [0.4, 0.5) is 0 Å². The van der Waals surface area contributed by atoms with Crippen molar-refractivity contribution in [3.8, 4) is 0 Å². The molecule has 0 aromatic carbocycles. The Labute approximate surface area is 180 Å². The van der Waals surface area contributed by atoms with Gasteiger partial charge in [0.1, 0.15) is 7.59 Å². The van der Waals surface area contributed by atoms with Crippen molar-refractivity contribution in [1.29, 1.82) is 0 Å². The molecule has 0 unspecified atom stereocenters. The lowest BCUT2D eigenvalue weighted by molar-refractivity contribution is 0.177. The van der Waals surface area contributed by atoms with Gasteiger partial charge in [0.25, 0.3) is 0 Å². The van der Waals surface area contributed by atoms with E-state index in [2.05, 4.69) is 41.5 Å². The molecule has 0 atom stereocenters. The zero-order chi connectivity index (χ0) is 21.1. The summed E-state index contributed by atoms with van der Waals surface area (Å²) in [6.45, 7) is 15.9.